The molecule has 8 nitrogen and oxygen atoms in total. The van der Waals surface area contributed by atoms with Gasteiger partial charge in [-0.25, -0.2) is 9.37 Å². The zero-order chi connectivity index (χ0) is 23.8. The maximum absolute atomic E-state index is 16.3. The second-order valence-corrected chi connectivity index (χ2v) is 9.11. The minimum absolute atomic E-state index is 0.00676. The second-order valence-electron chi connectivity index (χ2n) is 9.11. The molecular formula is C26H20FN5O3. The molecule has 2 bridgehead atoms. The molecule has 3 saturated heterocycles. The Balaban J connectivity index is 1.54. The topological polar surface area (TPSA) is 92.6 Å². The van der Waals surface area contributed by atoms with Crippen LogP contribution in [0.2, 0.25) is 0 Å². The Hall–Kier alpha value is -4.16. The minimum atomic E-state index is -0.647. The quantitative estimate of drug-likeness (QED) is 0.433. The third-order valence-corrected chi connectivity index (χ3v) is 7.20. The Labute approximate surface area is 199 Å². The number of piperazine rings is 1. The molecule has 8 rings (SSSR count). The van der Waals surface area contributed by atoms with Crippen molar-refractivity contribution in [1.29, 1.82) is 0 Å². The van der Waals surface area contributed by atoms with Gasteiger partial charge >= 0.3 is 6.01 Å². The third kappa shape index (κ3) is 2.80. The van der Waals surface area contributed by atoms with Gasteiger partial charge in [-0.15, -0.1) is 6.42 Å². The van der Waals surface area contributed by atoms with Crippen LogP contribution in [0.4, 0.5) is 10.2 Å². The predicted octanol–water partition coefficient (Wildman–Crippen LogP) is 2.99. The Morgan fingerprint density at radius 3 is 2.91 bits per heavy atom. The molecule has 4 aliphatic heterocycles. The molecule has 6 heterocycles. The lowest BCUT2D eigenvalue weighted by Gasteiger charge is -2.53. The third-order valence-electron chi connectivity index (χ3n) is 7.20. The number of phenols is 1. The molecule has 0 aliphatic carbocycles. The van der Waals surface area contributed by atoms with Gasteiger partial charge in [-0.05, 0) is 30.0 Å². The van der Waals surface area contributed by atoms with Crippen LogP contribution in [0, 0.1) is 18.2 Å². The van der Waals surface area contributed by atoms with E-state index in [1.165, 1.54) is 13.2 Å². The predicted molar refractivity (Wildman–Crippen MR) is 128 cm³/mol. The summed E-state index contributed by atoms with van der Waals surface area (Å²) in [6.45, 7) is 1.01. The molecule has 0 amide bonds. The summed E-state index contributed by atoms with van der Waals surface area (Å²) < 4.78 is 27.8. The number of nitrogens with zero attached hydrogens (tertiary/aromatic N) is 4. The molecule has 2 aromatic heterocycles. The molecule has 0 radical (unpaired) electrons. The lowest BCUT2D eigenvalue weighted by molar-refractivity contribution is 0.136. The lowest BCUT2D eigenvalue weighted by Crippen LogP contribution is -2.73. The van der Waals surface area contributed by atoms with E-state index in [-0.39, 0.29) is 47.5 Å². The van der Waals surface area contributed by atoms with Crippen LogP contribution >= 0.6 is 0 Å². The summed E-state index contributed by atoms with van der Waals surface area (Å²) in [4.78, 5) is 15.8. The number of rotatable bonds is 2. The highest BCUT2D eigenvalue weighted by Gasteiger charge is 2.47. The lowest BCUT2D eigenvalue weighted by atomic mass is 9.85. The van der Waals surface area contributed by atoms with Crippen LogP contribution in [-0.2, 0) is 0 Å². The summed E-state index contributed by atoms with van der Waals surface area (Å²) >= 11 is 0. The number of hydrogen-bond donors (Lipinski definition) is 2. The Bertz CT molecular complexity index is 1590. The van der Waals surface area contributed by atoms with E-state index < -0.39 is 5.82 Å². The van der Waals surface area contributed by atoms with Crippen LogP contribution in [-0.4, -0.2) is 58.4 Å². The smallest absolute Gasteiger partial charge is 0.320 e. The van der Waals surface area contributed by atoms with Crippen LogP contribution in [0.3, 0.4) is 0 Å². The van der Waals surface area contributed by atoms with Crippen molar-refractivity contribution < 1.29 is 19.0 Å². The van der Waals surface area contributed by atoms with E-state index in [0.717, 1.165) is 13.0 Å². The minimum Gasteiger partial charge on any atom is -0.508 e. The number of piperidine rings is 1. The Morgan fingerprint density at radius 1 is 1.26 bits per heavy atom. The molecule has 2 aromatic carbocycles. The van der Waals surface area contributed by atoms with Gasteiger partial charge in [0, 0.05) is 35.1 Å². The van der Waals surface area contributed by atoms with E-state index in [1.807, 2.05) is 6.07 Å². The molecule has 3 unspecified atom stereocenters. The molecule has 0 spiro atoms. The van der Waals surface area contributed by atoms with Crippen molar-refractivity contribution in [2.24, 2.45) is 0 Å². The number of hydrogen-bond acceptors (Lipinski definition) is 8. The van der Waals surface area contributed by atoms with E-state index in [4.69, 9.17) is 15.9 Å². The van der Waals surface area contributed by atoms with Crippen LogP contribution in [0.25, 0.3) is 33.1 Å². The van der Waals surface area contributed by atoms with Crippen molar-refractivity contribution >= 4 is 27.6 Å². The number of fused-ring (bicyclic) bond motifs is 1. The largest absolute Gasteiger partial charge is 0.508 e. The fourth-order valence-electron chi connectivity index (χ4n) is 5.60. The summed E-state index contributed by atoms with van der Waals surface area (Å²) in [6.07, 6.45) is 6.80. The van der Waals surface area contributed by atoms with Gasteiger partial charge in [0.15, 0.2) is 17.2 Å². The highest BCUT2D eigenvalue weighted by molar-refractivity contribution is 6.03. The molecule has 3 fully saturated rings. The number of terminal acetylenes is 1. The normalized spacial score (nSPS) is 22.1. The van der Waals surface area contributed by atoms with Crippen LogP contribution in [0.1, 0.15) is 12.0 Å². The van der Waals surface area contributed by atoms with Crippen molar-refractivity contribution in [2.75, 3.05) is 25.2 Å². The maximum Gasteiger partial charge on any atom is 0.320 e. The fraction of sp³-hybridized carbons (Fsp3) is 0.269. The summed E-state index contributed by atoms with van der Waals surface area (Å²) in [7, 11) is 1.49. The zero-order valence-electron chi connectivity index (χ0n) is 18.7. The Kier molecular flexibility index (Phi) is 4.14. The summed E-state index contributed by atoms with van der Waals surface area (Å²) in [6, 6.07) is 9.15. The standard InChI is InChI=1S/C26H20FN5O3/c1-3-12-5-4-6-13-7-15(33)9-16(19(12)13)22-21(27)23-20-24(29-22)30-26(34-2)31-25(20)32-10-14-8-17(28-14)18(32)11-35-23/h1,4-7,9,14,17-18,28,33H,8,10-11H2,2H3. The SMILES string of the molecule is C#Cc1cccc2cc(O)cc(-c3nc4nc(OC)nc5c4c(c3F)OCC3C4CC(CN53)N4)c12. The average Bonchev–Trinajstić information content (AvgIpc) is 3.02. The summed E-state index contributed by atoms with van der Waals surface area (Å²) in [5.41, 5.74) is 1.17. The van der Waals surface area contributed by atoms with Gasteiger partial charge < -0.3 is 24.8 Å². The molecule has 9 heteroatoms. The van der Waals surface area contributed by atoms with Crippen molar-refractivity contribution in [3.05, 3.63) is 41.7 Å². The Morgan fingerprint density at radius 2 is 2.11 bits per heavy atom. The van der Waals surface area contributed by atoms with E-state index in [2.05, 4.69) is 31.1 Å². The number of aromatic hydroxyl groups is 1. The number of benzene rings is 2. The molecular weight excluding hydrogens is 449 g/mol. The second kappa shape index (κ2) is 7.17. The first-order valence-corrected chi connectivity index (χ1v) is 11.4. The van der Waals surface area contributed by atoms with E-state index in [9.17, 15) is 5.11 Å². The molecule has 174 valence electrons. The van der Waals surface area contributed by atoms with Gasteiger partial charge in [-0.1, -0.05) is 18.1 Å². The van der Waals surface area contributed by atoms with Crippen LogP contribution in [0.15, 0.2) is 30.3 Å². The van der Waals surface area contributed by atoms with E-state index in [1.54, 1.807) is 18.2 Å². The molecule has 4 aromatic rings. The summed E-state index contributed by atoms with van der Waals surface area (Å²) in [5.74, 6) is 2.58. The first-order valence-electron chi connectivity index (χ1n) is 11.4. The number of anilines is 1. The number of methoxy groups -OCH3 is 1. The maximum atomic E-state index is 16.3. The summed E-state index contributed by atoms with van der Waals surface area (Å²) in [5, 5.41) is 15.7. The van der Waals surface area contributed by atoms with Gasteiger partial charge in [0.05, 0.1) is 13.2 Å². The molecule has 35 heavy (non-hydrogen) atoms. The number of ether oxygens (including phenoxy) is 2. The number of aromatic nitrogens is 3. The van der Waals surface area contributed by atoms with E-state index in [0.29, 0.717) is 39.1 Å². The first kappa shape index (κ1) is 20.2. The fourth-order valence-corrected chi connectivity index (χ4v) is 5.60. The number of halogens is 1. The van der Waals surface area contributed by atoms with Gasteiger partial charge in [0.1, 0.15) is 29.3 Å². The number of pyridine rings is 1. The zero-order valence-corrected chi connectivity index (χ0v) is 18.7. The average molecular weight is 469 g/mol. The molecule has 3 atom stereocenters. The highest BCUT2D eigenvalue weighted by Crippen LogP contribution is 2.45. The number of phenolic OH excluding ortho intramolecular Hbond substituents is 1. The van der Waals surface area contributed by atoms with Crippen molar-refractivity contribution in [3.8, 4) is 41.1 Å². The first-order chi connectivity index (χ1) is 17.1. The van der Waals surface area contributed by atoms with Gasteiger partial charge in [0.25, 0.3) is 0 Å². The molecule has 0 saturated carbocycles. The van der Waals surface area contributed by atoms with Crippen LogP contribution in [0.5, 0.6) is 17.5 Å². The van der Waals surface area contributed by atoms with E-state index >= 15 is 4.39 Å². The monoisotopic (exact) mass is 469 g/mol. The van der Waals surface area contributed by atoms with Crippen molar-refractivity contribution in [2.45, 2.75) is 24.5 Å². The van der Waals surface area contributed by atoms with Crippen molar-refractivity contribution in [1.82, 2.24) is 20.3 Å². The van der Waals surface area contributed by atoms with Gasteiger partial charge in [0.2, 0.25) is 0 Å². The number of nitrogens with one attached hydrogen (secondary N) is 1. The van der Waals surface area contributed by atoms with Crippen molar-refractivity contribution in [3.63, 3.8) is 0 Å². The molecule has 2 N–H and O–H groups in total. The highest BCUT2D eigenvalue weighted by atomic mass is 19.1. The van der Waals surface area contributed by atoms with Crippen LogP contribution < -0.4 is 19.7 Å². The van der Waals surface area contributed by atoms with Gasteiger partial charge in [-0.2, -0.15) is 9.97 Å². The van der Waals surface area contributed by atoms with Gasteiger partial charge in [-0.3, -0.25) is 0 Å². The molecule has 4 aliphatic rings.